The standard InChI is InChI=1S/C21H26N6O2.CH2O2/c1-13-6-4-5-7-15(13)19-16-12-26(18-9-23-8-17(24-18)20(22)28)10-14(16)11-27(19)21(29)25(2)3;2-1-3/h4-9,14,16,19H,10-12H2,1-3H3,(H2,22,28);1H,(H,2,3)/t14-,16-,19+;/m1./s1. The highest BCUT2D eigenvalue weighted by atomic mass is 16.3. The molecule has 2 aromatic rings. The van der Waals surface area contributed by atoms with Gasteiger partial charge in [0.1, 0.15) is 11.5 Å². The number of primary amides is 1. The fourth-order valence-electron chi connectivity index (χ4n) is 4.63. The van der Waals surface area contributed by atoms with E-state index in [4.69, 9.17) is 15.6 Å². The van der Waals surface area contributed by atoms with E-state index in [1.165, 1.54) is 17.3 Å². The van der Waals surface area contributed by atoms with Gasteiger partial charge in [-0.15, -0.1) is 0 Å². The summed E-state index contributed by atoms with van der Waals surface area (Å²) < 4.78 is 0. The molecule has 0 spiro atoms. The lowest BCUT2D eigenvalue weighted by Gasteiger charge is -2.32. The number of fused-ring (bicyclic) bond motifs is 1. The number of benzene rings is 1. The third kappa shape index (κ3) is 4.48. The first-order valence-corrected chi connectivity index (χ1v) is 10.3. The van der Waals surface area contributed by atoms with Gasteiger partial charge in [-0.2, -0.15) is 0 Å². The number of hydrogen-bond donors (Lipinski definition) is 2. The van der Waals surface area contributed by atoms with E-state index in [0.717, 1.165) is 13.1 Å². The molecule has 3 N–H and O–H groups in total. The molecule has 2 aliphatic heterocycles. The molecule has 2 aliphatic rings. The topological polar surface area (TPSA) is 133 Å². The van der Waals surface area contributed by atoms with Gasteiger partial charge in [0.05, 0.1) is 18.4 Å². The maximum atomic E-state index is 12.9. The van der Waals surface area contributed by atoms with Crippen molar-refractivity contribution in [3.8, 4) is 0 Å². The highest BCUT2D eigenvalue weighted by Gasteiger charge is 2.50. The van der Waals surface area contributed by atoms with Crippen LogP contribution in [0.5, 0.6) is 0 Å². The molecule has 0 saturated carbocycles. The first-order chi connectivity index (χ1) is 15.3. The highest BCUT2D eigenvalue weighted by molar-refractivity contribution is 5.90. The van der Waals surface area contributed by atoms with Crippen molar-refractivity contribution in [1.82, 2.24) is 19.8 Å². The molecule has 10 heteroatoms. The second-order valence-electron chi connectivity index (χ2n) is 8.19. The Morgan fingerprint density at radius 1 is 1.19 bits per heavy atom. The fraction of sp³-hybridized carbons (Fsp3) is 0.409. The Labute approximate surface area is 186 Å². The molecule has 0 unspecified atom stereocenters. The molecule has 1 aromatic carbocycles. The van der Waals surface area contributed by atoms with E-state index in [1.54, 1.807) is 25.2 Å². The molecule has 0 aliphatic carbocycles. The predicted molar refractivity (Wildman–Crippen MR) is 118 cm³/mol. The van der Waals surface area contributed by atoms with Crippen LogP contribution in [0.1, 0.15) is 27.7 Å². The van der Waals surface area contributed by atoms with Gasteiger partial charge >= 0.3 is 6.03 Å². The summed E-state index contributed by atoms with van der Waals surface area (Å²) in [5.74, 6) is 0.672. The van der Waals surface area contributed by atoms with Crippen molar-refractivity contribution in [1.29, 1.82) is 0 Å². The largest absolute Gasteiger partial charge is 0.483 e. The van der Waals surface area contributed by atoms with Gasteiger partial charge < -0.3 is 25.5 Å². The molecular formula is C22H28N6O4. The van der Waals surface area contributed by atoms with E-state index in [1.807, 2.05) is 17.0 Å². The number of carbonyl (C=O) groups excluding carboxylic acids is 2. The first-order valence-electron chi connectivity index (χ1n) is 10.3. The first kappa shape index (κ1) is 23.0. The Bertz CT molecular complexity index is 998. The monoisotopic (exact) mass is 440 g/mol. The highest BCUT2D eigenvalue weighted by Crippen LogP contribution is 2.46. The number of nitrogens with two attached hydrogens (primary N) is 1. The van der Waals surface area contributed by atoms with Gasteiger partial charge in [0.25, 0.3) is 12.4 Å². The third-order valence-electron chi connectivity index (χ3n) is 6.00. The van der Waals surface area contributed by atoms with Crippen molar-refractivity contribution in [3.63, 3.8) is 0 Å². The number of anilines is 1. The third-order valence-corrected chi connectivity index (χ3v) is 6.00. The molecule has 3 heterocycles. The van der Waals surface area contributed by atoms with Crippen molar-refractivity contribution in [2.75, 3.05) is 38.6 Å². The van der Waals surface area contributed by atoms with Crippen LogP contribution in [0.25, 0.3) is 0 Å². The van der Waals surface area contributed by atoms with Crippen LogP contribution in [0.3, 0.4) is 0 Å². The van der Waals surface area contributed by atoms with Crippen molar-refractivity contribution in [2.24, 2.45) is 17.6 Å². The molecule has 1 aromatic heterocycles. The number of amides is 3. The number of aryl methyl sites for hydroxylation is 1. The maximum Gasteiger partial charge on any atom is 0.320 e. The van der Waals surface area contributed by atoms with Crippen LogP contribution in [0.4, 0.5) is 10.6 Å². The molecule has 4 rings (SSSR count). The number of nitrogens with zero attached hydrogens (tertiary/aromatic N) is 5. The lowest BCUT2D eigenvalue weighted by molar-refractivity contribution is -0.122. The summed E-state index contributed by atoms with van der Waals surface area (Å²) >= 11 is 0. The van der Waals surface area contributed by atoms with Gasteiger partial charge in [0, 0.05) is 45.6 Å². The summed E-state index contributed by atoms with van der Waals surface area (Å²) in [6, 6.07) is 8.31. The second kappa shape index (κ2) is 9.63. The van der Waals surface area contributed by atoms with Crippen LogP contribution >= 0.6 is 0 Å². The Balaban J connectivity index is 0.000000913. The van der Waals surface area contributed by atoms with Crippen LogP contribution in [-0.2, 0) is 4.79 Å². The summed E-state index contributed by atoms with van der Waals surface area (Å²) in [7, 11) is 3.59. The van der Waals surface area contributed by atoms with E-state index in [0.29, 0.717) is 18.3 Å². The van der Waals surface area contributed by atoms with E-state index in [2.05, 4.69) is 33.9 Å². The summed E-state index contributed by atoms with van der Waals surface area (Å²) in [6.07, 6.45) is 3.05. The van der Waals surface area contributed by atoms with Gasteiger partial charge in [-0.05, 0) is 18.1 Å². The summed E-state index contributed by atoms with van der Waals surface area (Å²) in [5.41, 5.74) is 7.90. The normalized spacial score (nSPS) is 21.4. The minimum absolute atomic E-state index is 0.00776. The molecule has 170 valence electrons. The average molecular weight is 441 g/mol. The number of carboxylic acid groups (broad SMARTS) is 1. The molecule has 0 radical (unpaired) electrons. The van der Waals surface area contributed by atoms with E-state index < -0.39 is 5.91 Å². The van der Waals surface area contributed by atoms with Crippen LogP contribution in [0.2, 0.25) is 0 Å². The predicted octanol–water partition coefficient (Wildman–Crippen LogP) is 1.38. The van der Waals surface area contributed by atoms with Gasteiger partial charge in [0.15, 0.2) is 0 Å². The van der Waals surface area contributed by atoms with Crippen molar-refractivity contribution in [3.05, 3.63) is 53.5 Å². The molecule has 32 heavy (non-hydrogen) atoms. The number of aromatic nitrogens is 2. The Hall–Kier alpha value is -3.69. The summed E-state index contributed by atoms with van der Waals surface area (Å²) in [4.78, 5) is 47.0. The zero-order valence-electron chi connectivity index (χ0n) is 18.4. The SMILES string of the molecule is Cc1ccccc1[C@H]1[C@@H]2CN(c3cncc(C(N)=O)n3)C[C@@H]2CN1C(=O)N(C)C.O=CO. The van der Waals surface area contributed by atoms with Gasteiger partial charge in [-0.25, -0.2) is 9.78 Å². The lowest BCUT2D eigenvalue weighted by Crippen LogP contribution is -2.41. The average Bonchev–Trinajstić information content (AvgIpc) is 3.32. The Morgan fingerprint density at radius 2 is 1.88 bits per heavy atom. The number of likely N-dealkylation sites (tertiary alicyclic amines) is 1. The maximum absolute atomic E-state index is 12.9. The number of carbonyl (C=O) groups is 3. The minimum atomic E-state index is -0.584. The van der Waals surface area contributed by atoms with Crippen LogP contribution in [0, 0.1) is 18.8 Å². The van der Waals surface area contributed by atoms with Crippen molar-refractivity contribution in [2.45, 2.75) is 13.0 Å². The zero-order chi connectivity index (χ0) is 23.4. The zero-order valence-corrected chi connectivity index (χ0v) is 18.4. The smallest absolute Gasteiger partial charge is 0.320 e. The summed E-state index contributed by atoms with van der Waals surface area (Å²) in [5, 5.41) is 6.89. The van der Waals surface area contributed by atoms with E-state index >= 15 is 0 Å². The van der Waals surface area contributed by atoms with E-state index in [-0.39, 0.29) is 30.2 Å². The molecule has 3 amide bonds. The molecule has 2 fully saturated rings. The van der Waals surface area contributed by atoms with Crippen molar-refractivity contribution < 1.29 is 19.5 Å². The van der Waals surface area contributed by atoms with Gasteiger partial charge in [0.2, 0.25) is 0 Å². The number of urea groups is 1. The Kier molecular flexibility index (Phi) is 6.92. The molecular weight excluding hydrogens is 412 g/mol. The van der Waals surface area contributed by atoms with Gasteiger partial charge in [-0.3, -0.25) is 14.6 Å². The fourth-order valence-corrected chi connectivity index (χ4v) is 4.63. The quantitative estimate of drug-likeness (QED) is 0.689. The molecule has 3 atom stereocenters. The number of hydrogen-bond acceptors (Lipinski definition) is 6. The summed E-state index contributed by atoms with van der Waals surface area (Å²) in [6.45, 7) is 4.05. The molecule has 10 nitrogen and oxygen atoms in total. The lowest BCUT2D eigenvalue weighted by atomic mass is 9.88. The molecule has 0 bridgehead atoms. The van der Waals surface area contributed by atoms with Crippen LogP contribution in [0.15, 0.2) is 36.7 Å². The second-order valence-corrected chi connectivity index (χ2v) is 8.19. The van der Waals surface area contributed by atoms with Gasteiger partial charge in [-0.1, -0.05) is 24.3 Å². The van der Waals surface area contributed by atoms with Crippen LogP contribution < -0.4 is 10.6 Å². The molecule has 2 saturated heterocycles. The number of rotatable bonds is 3. The van der Waals surface area contributed by atoms with Crippen LogP contribution in [-0.4, -0.2) is 77.0 Å². The van der Waals surface area contributed by atoms with E-state index in [9.17, 15) is 9.59 Å². The van der Waals surface area contributed by atoms with Crippen molar-refractivity contribution >= 4 is 24.2 Å². The Morgan fingerprint density at radius 3 is 2.50 bits per heavy atom. The minimum Gasteiger partial charge on any atom is -0.483 e.